The molecule has 1 heterocycles. The number of halogens is 1. The van der Waals surface area contributed by atoms with E-state index in [0.29, 0.717) is 11.6 Å². The summed E-state index contributed by atoms with van der Waals surface area (Å²) in [6.07, 6.45) is 1.75. The second-order valence-corrected chi connectivity index (χ2v) is 5.60. The molecule has 1 aromatic heterocycles. The highest BCUT2D eigenvalue weighted by Crippen LogP contribution is 2.20. The van der Waals surface area contributed by atoms with Crippen LogP contribution in [0.4, 0.5) is 0 Å². The maximum absolute atomic E-state index is 6.17. The molecule has 2 rings (SSSR count). The first-order valence-electron chi connectivity index (χ1n) is 5.87. The highest BCUT2D eigenvalue weighted by Gasteiger charge is 2.13. The van der Waals surface area contributed by atoms with Gasteiger partial charge in [-0.1, -0.05) is 28.9 Å². The third-order valence-electron chi connectivity index (χ3n) is 2.50. The predicted octanol–water partition coefficient (Wildman–Crippen LogP) is 2.81. The Balaban J connectivity index is 2.26. The minimum atomic E-state index is 0.0512. The molecule has 0 radical (unpaired) electrons. The van der Waals surface area contributed by atoms with E-state index >= 15 is 0 Å². The third-order valence-corrected chi connectivity index (χ3v) is 2.82. The zero-order chi connectivity index (χ0) is 13.2. The lowest BCUT2D eigenvalue weighted by atomic mass is 10.1. The lowest BCUT2D eigenvalue weighted by Gasteiger charge is -2.20. The molecule has 0 aliphatic heterocycles. The Morgan fingerprint density at radius 1 is 1.28 bits per heavy atom. The molecule has 96 valence electrons. The van der Waals surface area contributed by atoms with Crippen LogP contribution in [0.5, 0.6) is 0 Å². The normalized spacial score (nSPS) is 11.8. The van der Waals surface area contributed by atoms with Crippen molar-refractivity contribution in [3.8, 4) is 5.69 Å². The minimum Gasteiger partial charge on any atom is -0.306 e. The van der Waals surface area contributed by atoms with Crippen molar-refractivity contribution < 1.29 is 0 Å². The van der Waals surface area contributed by atoms with Gasteiger partial charge in [-0.05, 0) is 32.9 Å². The smallest absolute Gasteiger partial charge is 0.0853 e. The van der Waals surface area contributed by atoms with Crippen LogP contribution in [-0.2, 0) is 6.54 Å². The molecule has 0 amide bonds. The number of para-hydroxylation sites is 1. The highest BCUT2D eigenvalue weighted by atomic mass is 35.5. The van der Waals surface area contributed by atoms with Gasteiger partial charge < -0.3 is 5.32 Å². The first-order chi connectivity index (χ1) is 8.47. The molecule has 0 saturated heterocycles. The average molecular weight is 265 g/mol. The zero-order valence-corrected chi connectivity index (χ0v) is 11.6. The van der Waals surface area contributed by atoms with Crippen molar-refractivity contribution in [2.75, 3.05) is 0 Å². The SMILES string of the molecule is CC(C)(C)NCc1cnnn1-c1ccccc1Cl. The molecule has 0 saturated carbocycles. The van der Waals surface area contributed by atoms with Crippen molar-refractivity contribution in [1.29, 1.82) is 0 Å². The van der Waals surface area contributed by atoms with Crippen LogP contribution in [0.3, 0.4) is 0 Å². The van der Waals surface area contributed by atoms with Gasteiger partial charge in [-0.3, -0.25) is 0 Å². The van der Waals surface area contributed by atoms with Gasteiger partial charge in [-0.2, -0.15) is 0 Å². The number of nitrogens with one attached hydrogen (secondary N) is 1. The topological polar surface area (TPSA) is 42.7 Å². The van der Waals surface area contributed by atoms with E-state index in [2.05, 4.69) is 36.4 Å². The van der Waals surface area contributed by atoms with Crippen molar-refractivity contribution in [2.24, 2.45) is 0 Å². The summed E-state index contributed by atoms with van der Waals surface area (Å²) >= 11 is 6.17. The summed E-state index contributed by atoms with van der Waals surface area (Å²) in [7, 11) is 0. The molecule has 1 aromatic carbocycles. The third kappa shape index (κ3) is 3.09. The van der Waals surface area contributed by atoms with Crippen molar-refractivity contribution in [1.82, 2.24) is 20.3 Å². The molecule has 0 aliphatic rings. The van der Waals surface area contributed by atoms with Gasteiger partial charge in [-0.15, -0.1) is 5.10 Å². The number of rotatable bonds is 3. The fraction of sp³-hybridized carbons (Fsp3) is 0.385. The molecule has 0 fully saturated rings. The van der Waals surface area contributed by atoms with E-state index in [9.17, 15) is 0 Å². The molecular formula is C13H17ClN4. The summed E-state index contributed by atoms with van der Waals surface area (Å²) in [6.45, 7) is 7.06. The Labute approximate surface area is 112 Å². The van der Waals surface area contributed by atoms with Gasteiger partial charge in [0.2, 0.25) is 0 Å². The fourth-order valence-electron chi connectivity index (χ4n) is 1.56. The quantitative estimate of drug-likeness (QED) is 0.927. The van der Waals surface area contributed by atoms with Crippen molar-refractivity contribution >= 4 is 11.6 Å². The number of aromatic nitrogens is 3. The van der Waals surface area contributed by atoms with Crippen LogP contribution >= 0.6 is 11.6 Å². The van der Waals surface area contributed by atoms with Crippen molar-refractivity contribution in [2.45, 2.75) is 32.9 Å². The summed E-state index contributed by atoms with van der Waals surface area (Å²) in [5.74, 6) is 0. The zero-order valence-electron chi connectivity index (χ0n) is 10.8. The van der Waals surface area contributed by atoms with Crippen molar-refractivity contribution in [3.63, 3.8) is 0 Å². The molecule has 2 aromatic rings. The van der Waals surface area contributed by atoms with E-state index < -0.39 is 0 Å². The summed E-state index contributed by atoms with van der Waals surface area (Å²) < 4.78 is 1.76. The summed E-state index contributed by atoms with van der Waals surface area (Å²) in [5, 5.41) is 12.1. The first kappa shape index (κ1) is 13.1. The predicted molar refractivity (Wildman–Crippen MR) is 73.0 cm³/mol. The fourth-order valence-corrected chi connectivity index (χ4v) is 1.77. The maximum Gasteiger partial charge on any atom is 0.0853 e. The Morgan fingerprint density at radius 3 is 2.67 bits per heavy atom. The van der Waals surface area contributed by atoms with E-state index in [1.54, 1.807) is 10.9 Å². The lowest BCUT2D eigenvalue weighted by Crippen LogP contribution is -2.35. The van der Waals surface area contributed by atoms with Crippen LogP contribution in [0.1, 0.15) is 26.5 Å². The van der Waals surface area contributed by atoms with Crippen LogP contribution in [0, 0.1) is 0 Å². The second-order valence-electron chi connectivity index (χ2n) is 5.19. The van der Waals surface area contributed by atoms with Gasteiger partial charge in [0.25, 0.3) is 0 Å². The second kappa shape index (κ2) is 5.08. The average Bonchev–Trinajstić information content (AvgIpc) is 2.74. The van der Waals surface area contributed by atoms with Crippen LogP contribution in [-0.4, -0.2) is 20.5 Å². The van der Waals surface area contributed by atoms with E-state index in [1.807, 2.05) is 24.3 Å². The van der Waals surface area contributed by atoms with Gasteiger partial charge in [0.1, 0.15) is 0 Å². The molecule has 18 heavy (non-hydrogen) atoms. The molecule has 0 aliphatic carbocycles. The van der Waals surface area contributed by atoms with E-state index in [4.69, 9.17) is 11.6 Å². The van der Waals surface area contributed by atoms with E-state index in [0.717, 1.165) is 11.4 Å². The van der Waals surface area contributed by atoms with Crippen LogP contribution in [0.15, 0.2) is 30.5 Å². The number of hydrogen-bond acceptors (Lipinski definition) is 3. The van der Waals surface area contributed by atoms with Crippen LogP contribution < -0.4 is 5.32 Å². The number of nitrogens with zero attached hydrogens (tertiary/aromatic N) is 3. The van der Waals surface area contributed by atoms with Gasteiger partial charge in [0.05, 0.1) is 22.6 Å². The summed E-state index contributed by atoms with van der Waals surface area (Å²) in [4.78, 5) is 0. The van der Waals surface area contributed by atoms with Crippen molar-refractivity contribution in [3.05, 3.63) is 41.2 Å². The van der Waals surface area contributed by atoms with Crippen LogP contribution in [0.25, 0.3) is 5.69 Å². The standard InChI is InChI=1S/C13H17ClN4/c1-13(2,3)15-8-10-9-16-17-18(10)12-7-5-4-6-11(12)14/h4-7,9,15H,8H2,1-3H3. The molecule has 4 nitrogen and oxygen atoms in total. The highest BCUT2D eigenvalue weighted by molar-refractivity contribution is 6.32. The van der Waals surface area contributed by atoms with Crippen LogP contribution in [0.2, 0.25) is 5.02 Å². The summed E-state index contributed by atoms with van der Waals surface area (Å²) in [5.41, 5.74) is 1.88. The van der Waals surface area contributed by atoms with Gasteiger partial charge in [0.15, 0.2) is 0 Å². The lowest BCUT2D eigenvalue weighted by molar-refractivity contribution is 0.418. The molecular weight excluding hydrogens is 248 g/mol. The van der Waals surface area contributed by atoms with Gasteiger partial charge in [-0.25, -0.2) is 4.68 Å². The number of hydrogen-bond donors (Lipinski definition) is 1. The largest absolute Gasteiger partial charge is 0.306 e. The summed E-state index contributed by atoms with van der Waals surface area (Å²) in [6, 6.07) is 7.61. The molecule has 0 atom stereocenters. The minimum absolute atomic E-state index is 0.0512. The van der Waals surface area contributed by atoms with Gasteiger partial charge >= 0.3 is 0 Å². The molecule has 0 bridgehead atoms. The Hall–Kier alpha value is -1.39. The first-order valence-corrected chi connectivity index (χ1v) is 6.25. The molecule has 1 N–H and O–H groups in total. The Kier molecular flexibility index (Phi) is 3.68. The Morgan fingerprint density at radius 2 is 2.00 bits per heavy atom. The molecule has 0 unspecified atom stereocenters. The number of benzene rings is 1. The molecule has 5 heteroatoms. The Bertz CT molecular complexity index is 528. The monoisotopic (exact) mass is 264 g/mol. The maximum atomic E-state index is 6.17. The van der Waals surface area contributed by atoms with E-state index in [-0.39, 0.29) is 5.54 Å². The van der Waals surface area contributed by atoms with E-state index in [1.165, 1.54) is 0 Å². The van der Waals surface area contributed by atoms with Gasteiger partial charge in [0, 0.05) is 12.1 Å². The molecule has 0 spiro atoms.